The summed E-state index contributed by atoms with van der Waals surface area (Å²) in [6, 6.07) is 10.0. The van der Waals surface area contributed by atoms with Crippen LogP contribution in [0, 0.1) is 0 Å². The maximum absolute atomic E-state index is 5.81. The van der Waals surface area contributed by atoms with Gasteiger partial charge in [0, 0.05) is 28.6 Å². The summed E-state index contributed by atoms with van der Waals surface area (Å²) in [5.41, 5.74) is 7.59. The van der Waals surface area contributed by atoms with Gasteiger partial charge in [-0.3, -0.25) is 0 Å². The first-order valence-electron chi connectivity index (χ1n) is 6.24. The molecule has 0 aliphatic rings. The molecule has 102 valence electrons. The van der Waals surface area contributed by atoms with Gasteiger partial charge < -0.3 is 15.8 Å². The fourth-order valence-electron chi connectivity index (χ4n) is 1.89. The zero-order valence-corrected chi connectivity index (χ0v) is 12.4. The lowest BCUT2D eigenvalue weighted by atomic mass is 9.91. The number of ether oxygens (including phenoxy) is 1. The summed E-state index contributed by atoms with van der Waals surface area (Å²) in [4.78, 5) is 1.38. The first-order valence-corrected chi connectivity index (χ1v) is 7.12. The highest BCUT2D eigenvalue weighted by Gasteiger charge is 2.21. The Morgan fingerprint density at radius 1 is 1.32 bits per heavy atom. The van der Waals surface area contributed by atoms with Crippen molar-refractivity contribution < 1.29 is 4.74 Å². The highest BCUT2D eigenvalue weighted by Crippen LogP contribution is 2.29. The van der Waals surface area contributed by atoms with E-state index in [4.69, 9.17) is 10.5 Å². The van der Waals surface area contributed by atoms with Gasteiger partial charge in [-0.2, -0.15) is 0 Å². The zero-order valence-electron chi connectivity index (χ0n) is 11.6. The van der Waals surface area contributed by atoms with Crippen LogP contribution in [0.3, 0.4) is 0 Å². The van der Waals surface area contributed by atoms with E-state index in [0.29, 0.717) is 11.4 Å². The third-order valence-electron chi connectivity index (χ3n) is 3.16. The Hall–Kier alpha value is -1.68. The van der Waals surface area contributed by atoms with E-state index in [2.05, 4.69) is 36.7 Å². The molecule has 3 N–H and O–H groups in total. The predicted octanol–water partition coefficient (Wildman–Crippen LogP) is 3.73. The zero-order chi connectivity index (χ0) is 13.9. The lowest BCUT2D eigenvalue weighted by Gasteiger charge is -2.24. The Morgan fingerprint density at radius 3 is 2.74 bits per heavy atom. The number of benzene rings is 1. The quantitative estimate of drug-likeness (QED) is 0.818. The van der Waals surface area contributed by atoms with Gasteiger partial charge in [0.1, 0.15) is 5.75 Å². The number of anilines is 2. The van der Waals surface area contributed by atoms with Gasteiger partial charge in [-0.15, -0.1) is 11.3 Å². The van der Waals surface area contributed by atoms with Gasteiger partial charge in [0.05, 0.1) is 12.8 Å². The van der Waals surface area contributed by atoms with Crippen molar-refractivity contribution in [2.75, 3.05) is 24.7 Å². The second-order valence-corrected chi connectivity index (χ2v) is 6.12. The number of hydrogen-bond donors (Lipinski definition) is 2. The molecule has 2 aromatic rings. The molecular weight excluding hydrogens is 256 g/mol. The minimum absolute atomic E-state index is 0.1000. The molecule has 0 amide bonds. The van der Waals surface area contributed by atoms with Crippen molar-refractivity contribution in [1.82, 2.24) is 0 Å². The molecule has 0 radical (unpaired) electrons. The van der Waals surface area contributed by atoms with Gasteiger partial charge in [0.15, 0.2) is 0 Å². The van der Waals surface area contributed by atoms with Crippen LogP contribution >= 0.6 is 11.3 Å². The maximum Gasteiger partial charge on any atom is 0.143 e. The molecule has 0 saturated carbocycles. The lowest BCUT2D eigenvalue weighted by molar-refractivity contribution is 0.417. The number of nitrogens with two attached hydrogens (primary N) is 1. The Kier molecular flexibility index (Phi) is 4.00. The first kappa shape index (κ1) is 13.7. The summed E-state index contributed by atoms with van der Waals surface area (Å²) in [5, 5.41) is 5.56. The summed E-state index contributed by atoms with van der Waals surface area (Å²) < 4.78 is 5.23. The normalized spacial score (nSPS) is 11.3. The van der Waals surface area contributed by atoms with Crippen LogP contribution in [0.2, 0.25) is 0 Å². The van der Waals surface area contributed by atoms with E-state index in [1.807, 2.05) is 18.2 Å². The van der Waals surface area contributed by atoms with Gasteiger partial charge >= 0.3 is 0 Å². The predicted molar refractivity (Wildman–Crippen MR) is 83.2 cm³/mol. The number of nitrogens with one attached hydrogen (secondary N) is 1. The molecule has 0 aliphatic carbocycles. The molecule has 2 rings (SSSR count). The molecule has 0 aliphatic heterocycles. The number of thiophene rings is 1. The molecule has 3 nitrogen and oxygen atoms in total. The van der Waals surface area contributed by atoms with Crippen molar-refractivity contribution in [3.63, 3.8) is 0 Å². The van der Waals surface area contributed by atoms with Crippen LogP contribution in [0.1, 0.15) is 18.7 Å². The van der Waals surface area contributed by atoms with Crippen LogP contribution in [0.4, 0.5) is 11.4 Å². The van der Waals surface area contributed by atoms with Crippen molar-refractivity contribution in [2.24, 2.45) is 0 Å². The van der Waals surface area contributed by atoms with Crippen molar-refractivity contribution >= 4 is 22.7 Å². The Balaban J connectivity index is 2.06. The van der Waals surface area contributed by atoms with Gasteiger partial charge in [-0.1, -0.05) is 19.9 Å². The van der Waals surface area contributed by atoms with E-state index >= 15 is 0 Å². The molecule has 0 bridgehead atoms. The molecule has 0 atom stereocenters. The summed E-state index contributed by atoms with van der Waals surface area (Å²) >= 11 is 1.79. The standard InChI is InChI=1S/C15H20N2OS/c1-15(2,14-5-4-8-19-14)10-17-11-6-7-12(16)13(9-11)18-3/h4-9,17H,10,16H2,1-3H3. The molecule has 1 heterocycles. The lowest BCUT2D eigenvalue weighted by Crippen LogP contribution is -2.26. The topological polar surface area (TPSA) is 47.3 Å². The second kappa shape index (κ2) is 5.53. The molecule has 1 aromatic carbocycles. The average molecular weight is 276 g/mol. The van der Waals surface area contributed by atoms with E-state index in [-0.39, 0.29) is 5.41 Å². The van der Waals surface area contributed by atoms with E-state index in [9.17, 15) is 0 Å². The van der Waals surface area contributed by atoms with E-state index in [0.717, 1.165) is 12.2 Å². The van der Waals surface area contributed by atoms with E-state index < -0.39 is 0 Å². The molecule has 0 saturated heterocycles. The van der Waals surface area contributed by atoms with Crippen LogP contribution in [0.25, 0.3) is 0 Å². The summed E-state index contributed by atoms with van der Waals surface area (Å²) in [6.07, 6.45) is 0. The minimum atomic E-state index is 0.1000. The maximum atomic E-state index is 5.81. The fraction of sp³-hybridized carbons (Fsp3) is 0.333. The molecule has 1 aromatic heterocycles. The molecule has 4 heteroatoms. The Morgan fingerprint density at radius 2 is 2.11 bits per heavy atom. The molecular formula is C15H20N2OS. The number of methoxy groups -OCH3 is 1. The molecule has 0 unspecified atom stereocenters. The fourth-order valence-corrected chi connectivity index (χ4v) is 2.75. The summed E-state index contributed by atoms with van der Waals surface area (Å²) in [7, 11) is 1.63. The SMILES string of the molecule is COc1cc(NCC(C)(C)c2cccs2)ccc1N. The first-order chi connectivity index (χ1) is 9.03. The highest BCUT2D eigenvalue weighted by molar-refractivity contribution is 7.10. The van der Waals surface area contributed by atoms with Crippen LogP contribution in [0.15, 0.2) is 35.7 Å². The Labute approximate surface area is 118 Å². The summed E-state index contributed by atoms with van der Waals surface area (Å²) in [5.74, 6) is 0.707. The molecule has 19 heavy (non-hydrogen) atoms. The average Bonchev–Trinajstić information content (AvgIpc) is 2.92. The van der Waals surface area contributed by atoms with Crippen LogP contribution in [0.5, 0.6) is 5.75 Å². The van der Waals surface area contributed by atoms with Crippen molar-refractivity contribution in [2.45, 2.75) is 19.3 Å². The van der Waals surface area contributed by atoms with Crippen LogP contribution < -0.4 is 15.8 Å². The smallest absolute Gasteiger partial charge is 0.143 e. The molecule has 0 fully saturated rings. The van der Waals surface area contributed by atoms with Gasteiger partial charge in [0.25, 0.3) is 0 Å². The van der Waals surface area contributed by atoms with Gasteiger partial charge in [-0.05, 0) is 23.6 Å². The van der Waals surface area contributed by atoms with Crippen molar-refractivity contribution in [3.8, 4) is 5.75 Å². The molecule has 0 spiro atoms. The highest BCUT2D eigenvalue weighted by atomic mass is 32.1. The number of nitrogen functional groups attached to an aromatic ring is 1. The monoisotopic (exact) mass is 276 g/mol. The largest absolute Gasteiger partial charge is 0.495 e. The Bertz CT molecular complexity index is 535. The van der Waals surface area contributed by atoms with Crippen molar-refractivity contribution in [3.05, 3.63) is 40.6 Å². The van der Waals surface area contributed by atoms with Crippen molar-refractivity contribution in [1.29, 1.82) is 0 Å². The van der Waals surface area contributed by atoms with E-state index in [1.165, 1.54) is 4.88 Å². The second-order valence-electron chi connectivity index (χ2n) is 5.17. The third-order valence-corrected chi connectivity index (χ3v) is 4.39. The van der Waals surface area contributed by atoms with Gasteiger partial charge in [0.2, 0.25) is 0 Å². The summed E-state index contributed by atoms with van der Waals surface area (Å²) in [6.45, 7) is 5.33. The van der Waals surface area contributed by atoms with E-state index in [1.54, 1.807) is 18.4 Å². The van der Waals surface area contributed by atoms with Crippen LogP contribution in [-0.2, 0) is 5.41 Å². The third kappa shape index (κ3) is 3.20. The van der Waals surface area contributed by atoms with Gasteiger partial charge in [-0.25, -0.2) is 0 Å². The van der Waals surface area contributed by atoms with Crippen LogP contribution in [-0.4, -0.2) is 13.7 Å². The minimum Gasteiger partial charge on any atom is -0.495 e. The number of hydrogen-bond acceptors (Lipinski definition) is 4. The number of rotatable bonds is 5.